The Kier molecular flexibility index (Phi) is 5.35. The Morgan fingerprint density at radius 1 is 1.15 bits per heavy atom. The Hall–Kier alpha value is -3.02. The molecule has 0 radical (unpaired) electrons. The van der Waals surface area contributed by atoms with E-state index in [1.807, 2.05) is 39.0 Å². The molecule has 1 amide bonds. The predicted molar refractivity (Wildman–Crippen MR) is 102 cm³/mol. The lowest BCUT2D eigenvalue weighted by molar-refractivity contribution is 0.102. The fourth-order valence-corrected chi connectivity index (χ4v) is 3.07. The van der Waals surface area contributed by atoms with Gasteiger partial charge in [0.25, 0.3) is 5.91 Å². The van der Waals surface area contributed by atoms with E-state index in [0.29, 0.717) is 23.9 Å². The van der Waals surface area contributed by atoms with E-state index in [0.717, 1.165) is 40.9 Å². The van der Waals surface area contributed by atoms with Crippen molar-refractivity contribution in [1.29, 1.82) is 0 Å². The van der Waals surface area contributed by atoms with Crippen molar-refractivity contribution in [2.75, 3.05) is 5.32 Å². The molecule has 1 aromatic heterocycles. The first-order valence-corrected chi connectivity index (χ1v) is 8.82. The second-order valence-corrected chi connectivity index (χ2v) is 6.57. The van der Waals surface area contributed by atoms with Gasteiger partial charge in [-0.05, 0) is 38.0 Å². The molecule has 3 aromatic rings. The third kappa shape index (κ3) is 3.89. The molecule has 0 aliphatic carbocycles. The number of hydrogen-bond acceptors (Lipinski definition) is 2. The molecule has 1 heterocycles. The fraction of sp³-hybridized carbons (Fsp3) is 0.238. The Morgan fingerprint density at radius 2 is 1.93 bits per heavy atom. The minimum Gasteiger partial charge on any atom is -0.318 e. The normalized spacial score (nSPS) is 10.9. The van der Waals surface area contributed by atoms with Gasteiger partial charge in [-0.3, -0.25) is 9.89 Å². The van der Waals surface area contributed by atoms with Crippen molar-refractivity contribution in [2.24, 2.45) is 0 Å². The summed E-state index contributed by atoms with van der Waals surface area (Å²) in [5, 5.41) is 10.1. The third-order valence-electron chi connectivity index (χ3n) is 4.39. The molecule has 0 bridgehead atoms. The van der Waals surface area contributed by atoms with E-state index in [4.69, 9.17) is 0 Å². The first kappa shape index (κ1) is 18.8. The van der Waals surface area contributed by atoms with Crippen molar-refractivity contribution in [3.8, 4) is 11.3 Å². The molecule has 0 spiro atoms. The lowest BCUT2D eigenvalue weighted by Gasteiger charge is -2.11. The van der Waals surface area contributed by atoms with E-state index in [-0.39, 0.29) is 5.56 Å². The lowest BCUT2D eigenvalue weighted by Crippen LogP contribution is -2.15. The van der Waals surface area contributed by atoms with Crippen molar-refractivity contribution in [2.45, 2.75) is 33.6 Å². The lowest BCUT2D eigenvalue weighted by atomic mass is 10.0. The zero-order valence-corrected chi connectivity index (χ0v) is 15.5. The topological polar surface area (TPSA) is 57.8 Å². The van der Waals surface area contributed by atoms with Gasteiger partial charge >= 0.3 is 0 Å². The monoisotopic (exact) mass is 369 g/mol. The predicted octanol–water partition coefficient (Wildman–Crippen LogP) is 5.18. The SMILES string of the molecule is CCCc1[nH]nc(-c2ccc(C)cc2C)c1NC(=O)c1ccc(F)cc1F. The molecule has 0 fully saturated rings. The molecule has 6 heteroatoms. The molecule has 0 saturated carbocycles. The molecule has 3 rings (SSSR count). The third-order valence-corrected chi connectivity index (χ3v) is 4.39. The number of nitrogens with zero attached hydrogens (tertiary/aromatic N) is 1. The first-order chi connectivity index (χ1) is 12.9. The number of H-pyrrole nitrogens is 1. The average Bonchev–Trinajstić information content (AvgIpc) is 2.97. The summed E-state index contributed by atoms with van der Waals surface area (Å²) in [5.41, 5.74) is 4.71. The highest BCUT2D eigenvalue weighted by atomic mass is 19.1. The van der Waals surface area contributed by atoms with Crippen molar-refractivity contribution < 1.29 is 13.6 Å². The number of carbonyl (C=O) groups excluding carboxylic acids is 1. The highest BCUT2D eigenvalue weighted by Gasteiger charge is 2.20. The van der Waals surface area contributed by atoms with E-state index < -0.39 is 17.5 Å². The number of amides is 1. The molecule has 2 N–H and O–H groups in total. The maximum absolute atomic E-state index is 14.0. The van der Waals surface area contributed by atoms with E-state index in [2.05, 4.69) is 15.5 Å². The van der Waals surface area contributed by atoms with Crippen LogP contribution < -0.4 is 5.32 Å². The van der Waals surface area contributed by atoms with E-state index in [9.17, 15) is 13.6 Å². The molecule has 0 saturated heterocycles. The molecule has 140 valence electrons. The Bertz CT molecular complexity index is 995. The quantitative estimate of drug-likeness (QED) is 0.651. The van der Waals surface area contributed by atoms with Crippen LogP contribution in [0.1, 0.15) is 40.5 Å². The molecule has 0 aliphatic rings. The van der Waals surface area contributed by atoms with E-state index in [1.165, 1.54) is 0 Å². The summed E-state index contributed by atoms with van der Waals surface area (Å²) < 4.78 is 27.1. The molecular formula is C21H21F2N3O. The molecule has 2 aromatic carbocycles. The molecule has 27 heavy (non-hydrogen) atoms. The van der Waals surface area contributed by atoms with Gasteiger partial charge in [0.05, 0.1) is 16.9 Å². The minimum atomic E-state index is -0.902. The van der Waals surface area contributed by atoms with Crippen LogP contribution in [0.25, 0.3) is 11.3 Å². The number of halogens is 2. The molecular weight excluding hydrogens is 348 g/mol. The number of aromatic amines is 1. The summed E-state index contributed by atoms with van der Waals surface area (Å²) >= 11 is 0. The second kappa shape index (κ2) is 7.70. The number of aromatic nitrogens is 2. The Balaban J connectivity index is 2.02. The van der Waals surface area contributed by atoms with Crippen LogP contribution in [0.15, 0.2) is 36.4 Å². The number of benzene rings is 2. The van der Waals surface area contributed by atoms with Gasteiger partial charge < -0.3 is 5.32 Å². The largest absolute Gasteiger partial charge is 0.318 e. The number of carbonyl (C=O) groups is 1. The highest BCUT2D eigenvalue weighted by molar-refractivity contribution is 6.06. The maximum atomic E-state index is 14.0. The van der Waals surface area contributed by atoms with Crippen LogP contribution >= 0.6 is 0 Å². The van der Waals surface area contributed by atoms with Crippen molar-refractivity contribution in [3.63, 3.8) is 0 Å². The van der Waals surface area contributed by atoms with Crippen LogP contribution in [0.2, 0.25) is 0 Å². The summed E-state index contributed by atoms with van der Waals surface area (Å²) in [7, 11) is 0. The van der Waals surface area contributed by atoms with Gasteiger partial charge in [0.1, 0.15) is 17.3 Å². The van der Waals surface area contributed by atoms with Crippen molar-refractivity contribution in [3.05, 3.63) is 70.4 Å². The molecule has 4 nitrogen and oxygen atoms in total. The second-order valence-electron chi connectivity index (χ2n) is 6.57. The Morgan fingerprint density at radius 3 is 2.59 bits per heavy atom. The summed E-state index contributed by atoms with van der Waals surface area (Å²) in [6.45, 7) is 5.99. The van der Waals surface area contributed by atoms with E-state index in [1.54, 1.807) is 0 Å². The summed E-state index contributed by atoms with van der Waals surface area (Å²) in [5.74, 6) is -2.27. The van der Waals surface area contributed by atoms with Gasteiger partial charge in [0, 0.05) is 11.6 Å². The van der Waals surface area contributed by atoms with Crippen LogP contribution in [0.5, 0.6) is 0 Å². The zero-order chi connectivity index (χ0) is 19.6. The van der Waals surface area contributed by atoms with Gasteiger partial charge in [-0.15, -0.1) is 0 Å². The van der Waals surface area contributed by atoms with Crippen LogP contribution in [-0.4, -0.2) is 16.1 Å². The summed E-state index contributed by atoms with van der Waals surface area (Å²) in [6, 6.07) is 8.85. The highest BCUT2D eigenvalue weighted by Crippen LogP contribution is 2.32. The number of nitrogens with one attached hydrogen (secondary N) is 2. The van der Waals surface area contributed by atoms with Gasteiger partial charge in [0.15, 0.2) is 0 Å². The molecule has 0 unspecified atom stereocenters. The molecule has 0 aliphatic heterocycles. The number of rotatable bonds is 5. The van der Waals surface area contributed by atoms with Crippen LogP contribution in [0.3, 0.4) is 0 Å². The minimum absolute atomic E-state index is 0.216. The number of hydrogen-bond donors (Lipinski definition) is 2. The smallest absolute Gasteiger partial charge is 0.258 e. The van der Waals surface area contributed by atoms with Crippen LogP contribution in [0, 0.1) is 25.5 Å². The van der Waals surface area contributed by atoms with Crippen molar-refractivity contribution >= 4 is 11.6 Å². The average molecular weight is 369 g/mol. The summed E-state index contributed by atoms with van der Waals surface area (Å²) in [6.07, 6.45) is 1.53. The fourth-order valence-electron chi connectivity index (χ4n) is 3.07. The standard InChI is InChI=1S/C21H21F2N3O/c1-4-5-18-20(24-21(27)16-9-7-14(22)11-17(16)23)19(26-25-18)15-8-6-12(2)10-13(15)3/h6-11H,4-5H2,1-3H3,(H,24,27)(H,25,26). The molecule has 0 atom stereocenters. The van der Waals surface area contributed by atoms with Gasteiger partial charge in [-0.2, -0.15) is 5.10 Å². The van der Waals surface area contributed by atoms with Gasteiger partial charge in [0.2, 0.25) is 0 Å². The summed E-state index contributed by atoms with van der Waals surface area (Å²) in [4.78, 5) is 12.6. The zero-order valence-electron chi connectivity index (χ0n) is 15.5. The van der Waals surface area contributed by atoms with Crippen molar-refractivity contribution in [1.82, 2.24) is 10.2 Å². The number of aryl methyl sites for hydroxylation is 3. The van der Waals surface area contributed by atoms with Crippen LogP contribution in [-0.2, 0) is 6.42 Å². The van der Waals surface area contributed by atoms with Crippen LogP contribution in [0.4, 0.5) is 14.5 Å². The Labute approximate surface area is 156 Å². The maximum Gasteiger partial charge on any atom is 0.258 e. The van der Waals surface area contributed by atoms with Gasteiger partial charge in [-0.25, -0.2) is 8.78 Å². The van der Waals surface area contributed by atoms with E-state index >= 15 is 0 Å². The number of anilines is 1. The first-order valence-electron chi connectivity index (χ1n) is 8.82. The van der Waals surface area contributed by atoms with Gasteiger partial charge in [-0.1, -0.05) is 37.1 Å².